The first-order valence-electron chi connectivity index (χ1n) is 6.70. The zero-order valence-corrected chi connectivity index (χ0v) is 12.3. The molecule has 1 atom stereocenters. The number of thiophene rings is 1. The molecule has 1 aliphatic carbocycles. The average molecular weight is 305 g/mol. The maximum atomic E-state index is 10.5. The van der Waals surface area contributed by atoms with E-state index in [1.165, 1.54) is 16.9 Å². The molecular weight excluding hydrogens is 292 g/mol. The lowest BCUT2D eigenvalue weighted by Gasteiger charge is -2.04. The van der Waals surface area contributed by atoms with E-state index in [2.05, 4.69) is 6.07 Å². The van der Waals surface area contributed by atoms with Crippen molar-refractivity contribution in [1.29, 1.82) is 0 Å². The van der Waals surface area contributed by atoms with Crippen LogP contribution in [0.15, 0.2) is 34.7 Å². The van der Waals surface area contributed by atoms with E-state index in [1.807, 2.05) is 18.2 Å². The Hall–Kier alpha value is -1.29. The lowest BCUT2D eigenvalue weighted by Crippen LogP contribution is -1.94. The highest BCUT2D eigenvalue weighted by Gasteiger charge is 2.22. The quantitative estimate of drug-likeness (QED) is 0.743. The van der Waals surface area contributed by atoms with Gasteiger partial charge in [0, 0.05) is 15.1 Å². The summed E-state index contributed by atoms with van der Waals surface area (Å²) in [6, 6.07) is 9.61. The summed E-state index contributed by atoms with van der Waals surface area (Å²) in [5, 5.41) is 12.0. The summed E-state index contributed by atoms with van der Waals surface area (Å²) in [6.45, 7) is 0. The predicted molar refractivity (Wildman–Crippen MR) is 81.6 cm³/mol. The van der Waals surface area contributed by atoms with Gasteiger partial charge in [0.15, 0.2) is 5.58 Å². The van der Waals surface area contributed by atoms with Gasteiger partial charge in [0.25, 0.3) is 0 Å². The van der Waals surface area contributed by atoms with Gasteiger partial charge < -0.3 is 9.52 Å². The first-order chi connectivity index (χ1) is 9.72. The van der Waals surface area contributed by atoms with Gasteiger partial charge in [-0.15, -0.1) is 11.3 Å². The van der Waals surface area contributed by atoms with Crippen LogP contribution < -0.4 is 0 Å². The van der Waals surface area contributed by atoms with Crippen molar-refractivity contribution in [1.82, 2.24) is 0 Å². The normalized spacial score (nSPS) is 15.7. The topological polar surface area (TPSA) is 33.4 Å². The van der Waals surface area contributed by atoms with Crippen molar-refractivity contribution in [3.05, 3.63) is 56.4 Å². The van der Waals surface area contributed by atoms with E-state index >= 15 is 0 Å². The van der Waals surface area contributed by atoms with Gasteiger partial charge in [-0.2, -0.15) is 0 Å². The third kappa shape index (κ3) is 1.89. The van der Waals surface area contributed by atoms with Crippen LogP contribution in [0.25, 0.3) is 11.0 Å². The van der Waals surface area contributed by atoms with Crippen molar-refractivity contribution in [2.45, 2.75) is 25.4 Å². The molecule has 4 rings (SSSR count). The molecule has 2 aromatic heterocycles. The highest BCUT2D eigenvalue weighted by Crippen LogP contribution is 2.38. The number of hydrogen-bond acceptors (Lipinski definition) is 3. The third-order valence-electron chi connectivity index (χ3n) is 3.82. The van der Waals surface area contributed by atoms with Gasteiger partial charge in [0.05, 0.1) is 5.02 Å². The smallest absolute Gasteiger partial charge is 0.153 e. The second-order valence-electron chi connectivity index (χ2n) is 5.16. The van der Waals surface area contributed by atoms with Crippen LogP contribution in [-0.4, -0.2) is 5.11 Å². The van der Waals surface area contributed by atoms with Crippen molar-refractivity contribution in [3.8, 4) is 0 Å². The minimum atomic E-state index is -0.700. The molecule has 0 aliphatic heterocycles. The maximum absolute atomic E-state index is 10.5. The van der Waals surface area contributed by atoms with Crippen molar-refractivity contribution in [2.24, 2.45) is 0 Å². The third-order valence-corrected chi connectivity index (χ3v) is 5.41. The maximum Gasteiger partial charge on any atom is 0.153 e. The van der Waals surface area contributed by atoms with Crippen molar-refractivity contribution >= 4 is 33.9 Å². The molecule has 3 aromatic rings. The summed E-state index contributed by atoms with van der Waals surface area (Å²) in [7, 11) is 0. The van der Waals surface area contributed by atoms with Crippen LogP contribution in [0.5, 0.6) is 0 Å². The summed E-state index contributed by atoms with van der Waals surface area (Å²) in [4.78, 5) is 2.37. The summed E-state index contributed by atoms with van der Waals surface area (Å²) >= 11 is 7.81. The van der Waals surface area contributed by atoms with E-state index < -0.39 is 6.10 Å². The minimum Gasteiger partial charge on any atom is -0.456 e. The molecule has 4 heteroatoms. The molecule has 0 bridgehead atoms. The van der Waals surface area contributed by atoms with Gasteiger partial charge in [-0.1, -0.05) is 23.7 Å². The molecule has 0 saturated carbocycles. The Bertz CT molecular complexity index is 765. The van der Waals surface area contributed by atoms with Gasteiger partial charge in [-0.25, -0.2) is 0 Å². The highest BCUT2D eigenvalue weighted by atomic mass is 35.5. The molecule has 0 fully saturated rings. The van der Waals surface area contributed by atoms with Gasteiger partial charge in [0.1, 0.15) is 11.9 Å². The molecule has 102 valence electrons. The largest absolute Gasteiger partial charge is 0.456 e. The standard InChI is InChI=1S/C16H13ClO2S/c17-11-5-1-4-10-7-12(19-16(10)11)15(18)14-8-9-3-2-6-13(9)20-14/h1,4-5,7-8,15,18H,2-3,6H2. The lowest BCUT2D eigenvalue weighted by atomic mass is 10.1. The first-order valence-corrected chi connectivity index (χ1v) is 7.89. The number of benzene rings is 1. The molecule has 0 saturated heterocycles. The van der Waals surface area contributed by atoms with Crippen LogP contribution in [0, 0.1) is 0 Å². The molecule has 1 aliphatic rings. The molecule has 0 radical (unpaired) electrons. The number of aryl methyl sites for hydroxylation is 2. The van der Waals surface area contributed by atoms with Gasteiger partial charge >= 0.3 is 0 Å². The SMILES string of the molecule is OC(c1cc2cccc(Cl)c2o1)c1cc2c(s1)CCC2. The number of furan rings is 1. The number of para-hydroxylation sites is 1. The zero-order chi connectivity index (χ0) is 13.7. The fraction of sp³-hybridized carbons (Fsp3) is 0.250. The molecule has 1 aromatic carbocycles. The fourth-order valence-corrected chi connectivity index (χ4v) is 4.28. The summed E-state index contributed by atoms with van der Waals surface area (Å²) in [6.07, 6.45) is 2.80. The molecule has 1 N–H and O–H groups in total. The molecule has 1 unspecified atom stereocenters. The second-order valence-corrected chi connectivity index (χ2v) is 6.74. The molecule has 20 heavy (non-hydrogen) atoms. The number of halogens is 1. The van der Waals surface area contributed by atoms with Gasteiger partial charge in [-0.3, -0.25) is 0 Å². The molecule has 2 heterocycles. The van der Waals surface area contributed by atoms with E-state index in [0.717, 1.165) is 23.1 Å². The predicted octanol–water partition coefficient (Wildman–Crippen LogP) is 4.72. The molecule has 2 nitrogen and oxygen atoms in total. The summed E-state index contributed by atoms with van der Waals surface area (Å²) in [5.41, 5.74) is 2.03. The Labute approximate surface area is 125 Å². The Balaban J connectivity index is 1.75. The van der Waals surface area contributed by atoms with E-state index in [4.69, 9.17) is 16.0 Å². The number of rotatable bonds is 2. The van der Waals surface area contributed by atoms with E-state index in [9.17, 15) is 5.11 Å². The van der Waals surface area contributed by atoms with E-state index in [1.54, 1.807) is 17.4 Å². The van der Waals surface area contributed by atoms with Crippen molar-refractivity contribution in [2.75, 3.05) is 0 Å². The Morgan fingerprint density at radius 3 is 2.95 bits per heavy atom. The second kappa shape index (κ2) is 4.62. The number of aliphatic hydroxyl groups excluding tert-OH is 1. The van der Waals surface area contributed by atoms with Crippen molar-refractivity contribution in [3.63, 3.8) is 0 Å². The summed E-state index contributed by atoms with van der Waals surface area (Å²) in [5.74, 6) is 0.563. The van der Waals surface area contributed by atoms with Crippen LogP contribution in [-0.2, 0) is 12.8 Å². The van der Waals surface area contributed by atoms with Crippen LogP contribution in [0.4, 0.5) is 0 Å². The van der Waals surface area contributed by atoms with Crippen LogP contribution in [0.3, 0.4) is 0 Å². The summed E-state index contributed by atoms with van der Waals surface area (Å²) < 4.78 is 5.74. The van der Waals surface area contributed by atoms with Gasteiger partial charge in [-0.05, 0) is 43.0 Å². The highest BCUT2D eigenvalue weighted by molar-refractivity contribution is 7.12. The van der Waals surface area contributed by atoms with Gasteiger partial charge in [0.2, 0.25) is 0 Å². The van der Waals surface area contributed by atoms with E-state index in [-0.39, 0.29) is 0 Å². The first kappa shape index (κ1) is 12.5. The van der Waals surface area contributed by atoms with Crippen molar-refractivity contribution < 1.29 is 9.52 Å². The average Bonchev–Trinajstić information content (AvgIpc) is 3.11. The zero-order valence-electron chi connectivity index (χ0n) is 10.7. The Kier molecular flexibility index (Phi) is 2.88. The lowest BCUT2D eigenvalue weighted by molar-refractivity contribution is 0.196. The van der Waals surface area contributed by atoms with E-state index in [0.29, 0.717) is 16.4 Å². The fourth-order valence-electron chi connectivity index (χ4n) is 2.81. The molecule has 0 amide bonds. The number of aliphatic hydroxyl groups is 1. The minimum absolute atomic E-state index is 0.563. The number of hydrogen-bond donors (Lipinski definition) is 1. The number of fused-ring (bicyclic) bond motifs is 2. The monoisotopic (exact) mass is 304 g/mol. The Morgan fingerprint density at radius 2 is 2.15 bits per heavy atom. The van der Waals surface area contributed by atoms with Crippen LogP contribution >= 0.6 is 22.9 Å². The molecule has 0 spiro atoms. The van der Waals surface area contributed by atoms with Crippen LogP contribution in [0.2, 0.25) is 5.02 Å². The van der Waals surface area contributed by atoms with Crippen LogP contribution in [0.1, 0.15) is 33.6 Å². The Morgan fingerprint density at radius 1 is 1.25 bits per heavy atom. The molecular formula is C16H13ClO2S.